The van der Waals surface area contributed by atoms with Crippen molar-refractivity contribution in [3.8, 4) is 0 Å². The summed E-state index contributed by atoms with van der Waals surface area (Å²) in [6, 6.07) is 1.47. The SMILES string of the molecule is CC(C)C(CNS(=O)(=O)c1cc(Br)sc1Br)C(=O)O. The maximum atomic E-state index is 12.1. The molecule has 0 radical (unpaired) electrons. The summed E-state index contributed by atoms with van der Waals surface area (Å²) in [5.41, 5.74) is 0. The Morgan fingerprint density at radius 2 is 2.05 bits per heavy atom. The van der Waals surface area contributed by atoms with Crippen molar-refractivity contribution < 1.29 is 18.3 Å². The Hall–Kier alpha value is 0.0400. The number of nitrogens with one attached hydrogen (secondary N) is 1. The van der Waals surface area contributed by atoms with Crippen LogP contribution in [0.5, 0.6) is 0 Å². The highest BCUT2D eigenvalue weighted by Gasteiger charge is 2.26. The first-order chi connectivity index (χ1) is 8.65. The largest absolute Gasteiger partial charge is 0.481 e. The zero-order chi connectivity index (χ0) is 14.8. The Balaban J connectivity index is 2.87. The molecule has 1 atom stereocenters. The zero-order valence-electron chi connectivity index (χ0n) is 10.2. The molecular formula is C10H13Br2NO4S2. The maximum absolute atomic E-state index is 12.1. The predicted octanol–water partition coefficient (Wildman–Crippen LogP) is 2.91. The highest BCUT2D eigenvalue weighted by atomic mass is 79.9. The Morgan fingerprint density at radius 3 is 2.42 bits per heavy atom. The fraction of sp³-hybridized carbons (Fsp3) is 0.500. The van der Waals surface area contributed by atoms with Crippen LogP contribution in [-0.2, 0) is 14.8 Å². The van der Waals surface area contributed by atoms with Crippen LogP contribution in [0, 0.1) is 11.8 Å². The molecule has 2 N–H and O–H groups in total. The Labute approximate surface area is 132 Å². The van der Waals surface area contributed by atoms with E-state index in [1.54, 1.807) is 13.8 Å². The summed E-state index contributed by atoms with van der Waals surface area (Å²) >= 11 is 7.62. The molecule has 9 heteroatoms. The van der Waals surface area contributed by atoms with Crippen LogP contribution in [0.25, 0.3) is 0 Å². The van der Waals surface area contributed by atoms with Gasteiger partial charge < -0.3 is 5.11 Å². The smallest absolute Gasteiger partial charge is 0.308 e. The number of hydrogen-bond acceptors (Lipinski definition) is 4. The Bertz CT molecular complexity index is 568. The van der Waals surface area contributed by atoms with Crippen molar-refractivity contribution in [1.29, 1.82) is 0 Å². The van der Waals surface area contributed by atoms with E-state index in [0.29, 0.717) is 7.57 Å². The highest BCUT2D eigenvalue weighted by Crippen LogP contribution is 2.34. The number of thiophene rings is 1. The molecule has 0 fully saturated rings. The van der Waals surface area contributed by atoms with Gasteiger partial charge in [-0.3, -0.25) is 4.79 Å². The minimum atomic E-state index is -3.71. The first kappa shape index (κ1) is 17.1. The van der Waals surface area contributed by atoms with E-state index in [1.165, 1.54) is 17.4 Å². The molecule has 0 bridgehead atoms. The average Bonchev–Trinajstić information content (AvgIpc) is 2.57. The third kappa shape index (κ3) is 4.52. The van der Waals surface area contributed by atoms with Gasteiger partial charge in [-0.2, -0.15) is 0 Å². The Morgan fingerprint density at radius 1 is 1.47 bits per heavy atom. The standard InChI is InChI=1S/C10H13Br2NO4S2/c1-5(2)6(10(14)15)4-13-19(16,17)7-3-8(11)18-9(7)12/h3,5-6,13H,4H2,1-2H3,(H,14,15). The lowest BCUT2D eigenvalue weighted by Crippen LogP contribution is -2.35. The van der Waals surface area contributed by atoms with Crippen LogP contribution < -0.4 is 4.72 Å². The quantitative estimate of drug-likeness (QED) is 0.720. The topological polar surface area (TPSA) is 83.5 Å². The minimum absolute atomic E-state index is 0.109. The lowest BCUT2D eigenvalue weighted by Gasteiger charge is -2.16. The number of hydrogen-bond donors (Lipinski definition) is 2. The van der Waals surface area contributed by atoms with Gasteiger partial charge in [-0.1, -0.05) is 13.8 Å². The van der Waals surface area contributed by atoms with Crippen LogP contribution in [0.15, 0.2) is 18.5 Å². The van der Waals surface area contributed by atoms with Crippen molar-refractivity contribution in [1.82, 2.24) is 4.72 Å². The van der Waals surface area contributed by atoms with Crippen molar-refractivity contribution in [2.75, 3.05) is 6.54 Å². The molecule has 1 unspecified atom stereocenters. The third-order valence-corrected chi connectivity index (χ3v) is 6.71. The molecule has 1 heterocycles. The summed E-state index contributed by atoms with van der Waals surface area (Å²) in [4.78, 5) is 11.1. The van der Waals surface area contributed by atoms with Crippen LogP contribution in [-0.4, -0.2) is 26.0 Å². The molecule has 0 amide bonds. The van der Waals surface area contributed by atoms with E-state index in [9.17, 15) is 13.2 Å². The van der Waals surface area contributed by atoms with Crippen LogP contribution in [0.3, 0.4) is 0 Å². The van der Waals surface area contributed by atoms with Gasteiger partial charge in [-0.15, -0.1) is 11.3 Å². The molecule has 0 saturated heterocycles. The number of carboxylic acids is 1. The van der Waals surface area contributed by atoms with Gasteiger partial charge in [0.2, 0.25) is 10.0 Å². The summed E-state index contributed by atoms with van der Waals surface area (Å²) in [5, 5.41) is 9.02. The molecule has 1 rings (SSSR count). The molecule has 0 aromatic carbocycles. The molecule has 1 aromatic heterocycles. The highest BCUT2D eigenvalue weighted by molar-refractivity contribution is 9.12. The number of carbonyl (C=O) groups is 1. The van der Waals surface area contributed by atoms with Crippen molar-refractivity contribution in [3.05, 3.63) is 13.6 Å². The molecule has 1 aromatic rings. The molecule has 0 spiro atoms. The van der Waals surface area contributed by atoms with Gasteiger partial charge in [-0.25, -0.2) is 13.1 Å². The second-order valence-electron chi connectivity index (χ2n) is 4.23. The van der Waals surface area contributed by atoms with E-state index in [-0.39, 0.29) is 17.4 Å². The first-order valence-corrected chi connectivity index (χ1v) is 9.21. The number of rotatable bonds is 6. The van der Waals surface area contributed by atoms with Gasteiger partial charge in [-0.05, 0) is 43.8 Å². The summed E-state index contributed by atoms with van der Waals surface area (Å²) in [7, 11) is -3.71. The van der Waals surface area contributed by atoms with Gasteiger partial charge in [0.1, 0.15) is 4.90 Å². The molecule has 5 nitrogen and oxygen atoms in total. The normalized spacial score (nSPS) is 13.7. The van der Waals surface area contributed by atoms with E-state index >= 15 is 0 Å². The number of halogens is 2. The predicted molar refractivity (Wildman–Crippen MR) is 80.9 cm³/mol. The molecular weight excluding hydrogens is 422 g/mol. The fourth-order valence-corrected chi connectivity index (χ4v) is 6.26. The second kappa shape index (κ2) is 6.66. The fourth-order valence-electron chi connectivity index (χ4n) is 1.39. The van der Waals surface area contributed by atoms with Gasteiger partial charge in [0.05, 0.1) is 13.5 Å². The zero-order valence-corrected chi connectivity index (χ0v) is 15.0. The van der Waals surface area contributed by atoms with Gasteiger partial charge in [0.25, 0.3) is 0 Å². The summed E-state index contributed by atoms with van der Waals surface area (Å²) in [6.07, 6.45) is 0. The van der Waals surface area contributed by atoms with E-state index < -0.39 is 21.9 Å². The first-order valence-electron chi connectivity index (χ1n) is 5.32. The average molecular weight is 435 g/mol. The van der Waals surface area contributed by atoms with E-state index in [2.05, 4.69) is 36.6 Å². The van der Waals surface area contributed by atoms with Crippen molar-refractivity contribution >= 4 is 59.2 Å². The van der Waals surface area contributed by atoms with Crippen LogP contribution in [0.2, 0.25) is 0 Å². The molecule has 0 saturated carbocycles. The number of carboxylic acid groups (broad SMARTS) is 1. The Kier molecular flexibility index (Phi) is 5.99. The maximum Gasteiger partial charge on any atom is 0.308 e. The van der Waals surface area contributed by atoms with Gasteiger partial charge >= 0.3 is 5.97 Å². The lowest BCUT2D eigenvalue weighted by atomic mass is 9.97. The molecule has 0 aliphatic carbocycles. The van der Waals surface area contributed by atoms with E-state index in [4.69, 9.17) is 5.11 Å². The molecule has 19 heavy (non-hydrogen) atoms. The summed E-state index contributed by atoms with van der Waals surface area (Å²) < 4.78 is 27.6. The van der Waals surface area contributed by atoms with Gasteiger partial charge in [0.15, 0.2) is 0 Å². The third-order valence-electron chi connectivity index (χ3n) is 2.53. The molecule has 0 aliphatic rings. The summed E-state index contributed by atoms with van der Waals surface area (Å²) in [5.74, 6) is -1.92. The van der Waals surface area contributed by atoms with Crippen LogP contribution in [0.1, 0.15) is 13.8 Å². The molecule has 108 valence electrons. The van der Waals surface area contributed by atoms with Crippen molar-refractivity contribution in [2.24, 2.45) is 11.8 Å². The van der Waals surface area contributed by atoms with E-state index in [1.807, 2.05) is 0 Å². The van der Waals surface area contributed by atoms with E-state index in [0.717, 1.165) is 0 Å². The monoisotopic (exact) mass is 433 g/mol. The lowest BCUT2D eigenvalue weighted by molar-refractivity contribution is -0.142. The van der Waals surface area contributed by atoms with Crippen molar-refractivity contribution in [3.63, 3.8) is 0 Å². The van der Waals surface area contributed by atoms with Crippen LogP contribution >= 0.6 is 43.2 Å². The molecule has 0 aliphatic heterocycles. The van der Waals surface area contributed by atoms with Crippen molar-refractivity contribution in [2.45, 2.75) is 18.7 Å². The summed E-state index contributed by atoms with van der Waals surface area (Å²) in [6.45, 7) is 3.35. The number of sulfonamides is 1. The number of aliphatic carboxylic acids is 1. The van der Waals surface area contributed by atoms with Crippen LogP contribution in [0.4, 0.5) is 0 Å². The second-order valence-corrected chi connectivity index (χ2v) is 9.71. The minimum Gasteiger partial charge on any atom is -0.481 e. The van der Waals surface area contributed by atoms with Gasteiger partial charge in [0, 0.05) is 6.54 Å².